The topological polar surface area (TPSA) is 20.2 Å². The summed E-state index contributed by atoms with van der Waals surface area (Å²) in [5.41, 5.74) is -0.835. The monoisotopic (exact) mass is 274 g/mol. The highest BCUT2D eigenvalue weighted by atomic mass is 32.1. The molecule has 0 aliphatic carbocycles. The van der Waals surface area contributed by atoms with Crippen LogP contribution in [0.2, 0.25) is 0 Å². The molecule has 0 spiro atoms. The van der Waals surface area contributed by atoms with Crippen LogP contribution in [0.1, 0.15) is 62.3 Å². The first kappa shape index (κ1) is 18.3. The van der Waals surface area contributed by atoms with E-state index in [4.69, 9.17) is 12.6 Å². The Morgan fingerprint density at radius 1 is 0.833 bits per heavy atom. The summed E-state index contributed by atoms with van der Waals surface area (Å²) >= 11 is 4.82. The third-order valence-electron chi connectivity index (χ3n) is 5.34. The first-order valence-corrected chi connectivity index (χ1v) is 7.76. The van der Waals surface area contributed by atoms with Crippen LogP contribution in [0.25, 0.3) is 0 Å². The fourth-order valence-electron chi connectivity index (χ4n) is 2.39. The van der Waals surface area contributed by atoms with Gasteiger partial charge in [0.05, 0.1) is 5.60 Å². The maximum atomic E-state index is 10.8. The van der Waals surface area contributed by atoms with E-state index < -0.39 is 5.60 Å². The lowest BCUT2D eigenvalue weighted by Crippen LogP contribution is -2.50. The molecule has 0 amide bonds. The third kappa shape index (κ3) is 3.90. The average molecular weight is 275 g/mol. The van der Waals surface area contributed by atoms with Crippen LogP contribution < -0.4 is 0 Å². The highest BCUT2D eigenvalue weighted by molar-refractivity contribution is 7.81. The van der Waals surface area contributed by atoms with Crippen molar-refractivity contribution in [3.05, 3.63) is 0 Å². The average Bonchev–Trinajstić information content (AvgIpc) is 2.23. The van der Waals surface area contributed by atoms with Gasteiger partial charge in [-0.15, -0.1) is 0 Å². The Balaban J connectivity index is 4.95. The standard InChI is InChI=1S/C16H34OS/c1-10(2)11(3)12(4)14(18)13(5)16(9,17)15(6,7)8/h10-14,17-18H,1-9H3. The summed E-state index contributed by atoms with van der Waals surface area (Å²) in [5, 5.41) is 11.0. The molecule has 1 N–H and O–H groups in total. The lowest BCUT2D eigenvalue weighted by Gasteiger charge is -2.46. The summed E-state index contributed by atoms with van der Waals surface area (Å²) in [6, 6.07) is 0. The van der Waals surface area contributed by atoms with Crippen molar-refractivity contribution < 1.29 is 5.11 Å². The third-order valence-corrected chi connectivity index (χ3v) is 6.25. The van der Waals surface area contributed by atoms with Crippen LogP contribution in [0.3, 0.4) is 0 Å². The van der Waals surface area contributed by atoms with Crippen LogP contribution in [-0.4, -0.2) is 16.0 Å². The van der Waals surface area contributed by atoms with E-state index in [1.165, 1.54) is 0 Å². The molecule has 0 saturated carbocycles. The van der Waals surface area contributed by atoms with Crippen LogP contribution in [0, 0.1) is 29.1 Å². The van der Waals surface area contributed by atoms with E-state index in [0.29, 0.717) is 17.8 Å². The van der Waals surface area contributed by atoms with Crippen LogP contribution in [0.4, 0.5) is 0 Å². The second-order valence-electron chi connectivity index (χ2n) is 7.64. The molecule has 110 valence electrons. The van der Waals surface area contributed by atoms with E-state index in [2.05, 4.69) is 55.4 Å². The van der Waals surface area contributed by atoms with Gasteiger partial charge in [0, 0.05) is 5.25 Å². The van der Waals surface area contributed by atoms with E-state index >= 15 is 0 Å². The second-order valence-corrected chi connectivity index (χ2v) is 8.24. The molecule has 0 aromatic carbocycles. The van der Waals surface area contributed by atoms with Crippen LogP contribution >= 0.6 is 12.6 Å². The summed E-state index contributed by atoms with van der Waals surface area (Å²) in [7, 11) is 0. The maximum absolute atomic E-state index is 10.8. The summed E-state index contributed by atoms with van der Waals surface area (Å²) in [5.74, 6) is 1.93. The van der Waals surface area contributed by atoms with Crippen molar-refractivity contribution >= 4 is 12.6 Å². The molecule has 0 aromatic heterocycles. The summed E-state index contributed by atoms with van der Waals surface area (Å²) < 4.78 is 0. The Morgan fingerprint density at radius 2 is 1.22 bits per heavy atom. The molecule has 0 heterocycles. The minimum atomic E-state index is -0.704. The molecule has 18 heavy (non-hydrogen) atoms. The lowest BCUT2D eigenvalue weighted by atomic mass is 9.67. The van der Waals surface area contributed by atoms with E-state index in [1.54, 1.807) is 0 Å². The molecule has 1 nitrogen and oxygen atoms in total. The summed E-state index contributed by atoms with van der Waals surface area (Å²) in [6.07, 6.45) is 0. The molecule has 0 aliphatic heterocycles. The van der Waals surface area contributed by atoms with Gasteiger partial charge in [0.1, 0.15) is 0 Å². The molecule has 0 aromatic rings. The van der Waals surface area contributed by atoms with Gasteiger partial charge in [-0.2, -0.15) is 12.6 Å². The molecule has 2 heteroatoms. The van der Waals surface area contributed by atoms with Crippen LogP contribution in [-0.2, 0) is 0 Å². The minimum Gasteiger partial charge on any atom is -0.389 e. The molecule has 0 saturated heterocycles. The minimum absolute atomic E-state index is 0.131. The quantitative estimate of drug-likeness (QED) is 0.699. The van der Waals surface area contributed by atoms with Crippen molar-refractivity contribution in [3.8, 4) is 0 Å². The lowest BCUT2D eigenvalue weighted by molar-refractivity contribution is -0.0887. The molecule has 5 atom stereocenters. The first-order valence-electron chi connectivity index (χ1n) is 7.24. The maximum Gasteiger partial charge on any atom is 0.0703 e. The van der Waals surface area contributed by atoms with E-state index in [1.807, 2.05) is 6.92 Å². The van der Waals surface area contributed by atoms with Crippen molar-refractivity contribution in [2.24, 2.45) is 29.1 Å². The highest BCUT2D eigenvalue weighted by Gasteiger charge is 2.44. The molecular formula is C16H34OS. The van der Waals surface area contributed by atoms with Crippen molar-refractivity contribution in [2.75, 3.05) is 0 Å². The molecule has 0 rings (SSSR count). The molecular weight excluding hydrogens is 240 g/mol. The normalized spacial score (nSPS) is 23.3. The van der Waals surface area contributed by atoms with Gasteiger partial charge in [0.25, 0.3) is 0 Å². The van der Waals surface area contributed by atoms with E-state index in [0.717, 1.165) is 0 Å². The van der Waals surface area contributed by atoms with E-state index in [-0.39, 0.29) is 16.6 Å². The first-order chi connectivity index (χ1) is 7.84. The van der Waals surface area contributed by atoms with Gasteiger partial charge in [-0.1, -0.05) is 55.4 Å². The SMILES string of the molecule is CC(C)C(C)C(C)C(S)C(C)C(C)(O)C(C)(C)C. The smallest absolute Gasteiger partial charge is 0.0703 e. The zero-order chi connectivity index (χ0) is 14.9. The molecule has 0 bridgehead atoms. The molecule has 0 aliphatic rings. The Kier molecular flexibility index (Phi) is 6.28. The van der Waals surface area contributed by atoms with Gasteiger partial charge in [-0.05, 0) is 36.0 Å². The fraction of sp³-hybridized carbons (Fsp3) is 1.00. The number of hydrogen-bond donors (Lipinski definition) is 2. The Bertz CT molecular complexity index is 252. The summed E-state index contributed by atoms with van der Waals surface area (Å²) in [4.78, 5) is 0. The van der Waals surface area contributed by atoms with Gasteiger partial charge >= 0.3 is 0 Å². The molecule has 0 fully saturated rings. The van der Waals surface area contributed by atoms with Gasteiger partial charge in [0.15, 0.2) is 0 Å². The molecule has 0 radical (unpaired) electrons. The van der Waals surface area contributed by atoms with Crippen molar-refractivity contribution in [2.45, 2.75) is 73.2 Å². The second kappa shape index (κ2) is 6.17. The Morgan fingerprint density at radius 3 is 1.50 bits per heavy atom. The number of thiol groups is 1. The number of hydrogen-bond acceptors (Lipinski definition) is 2. The largest absolute Gasteiger partial charge is 0.389 e. The summed E-state index contributed by atoms with van der Waals surface area (Å²) in [6.45, 7) is 19.4. The molecule has 5 unspecified atom stereocenters. The highest BCUT2D eigenvalue weighted by Crippen LogP contribution is 2.42. The predicted molar refractivity (Wildman–Crippen MR) is 85.2 cm³/mol. The van der Waals surface area contributed by atoms with E-state index in [9.17, 15) is 5.11 Å². The van der Waals surface area contributed by atoms with Gasteiger partial charge in [0.2, 0.25) is 0 Å². The van der Waals surface area contributed by atoms with Gasteiger partial charge in [-0.25, -0.2) is 0 Å². The number of rotatable bonds is 5. The Labute approximate surface area is 120 Å². The number of aliphatic hydroxyl groups is 1. The Hall–Kier alpha value is 0.310. The zero-order valence-corrected chi connectivity index (χ0v) is 14.7. The van der Waals surface area contributed by atoms with Crippen LogP contribution in [0.5, 0.6) is 0 Å². The fourth-order valence-corrected chi connectivity index (χ4v) is 2.95. The van der Waals surface area contributed by atoms with Crippen LogP contribution in [0.15, 0.2) is 0 Å². The van der Waals surface area contributed by atoms with Gasteiger partial charge < -0.3 is 5.11 Å². The van der Waals surface area contributed by atoms with Crippen molar-refractivity contribution in [1.82, 2.24) is 0 Å². The van der Waals surface area contributed by atoms with Crippen molar-refractivity contribution in [3.63, 3.8) is 0 Å². The zero-order valence-electron chi connectivity index (χ0n) is 13.8. The van der Waals surface area contributed by atoms with Crippen molar-refractivity contribution in [1.29, 1.82) is 0 Å². The van der Waals surface area contributed by atoms with Gasteiger partial charge in [-0.3, -0.25) is 0 Å². The predicted octanol–water partition coefficient (Wildman–Crippen LogP) is 4.65.